The van der Waals surface area contributed by atoms with Gasteiger partial charge in [-0.3, -0.25) is 4.99 Å². The normalized spacial score (nSPS) is 12.3. The number of carbonyl (C=O) groups excluding carboxylic acids is 1. The molecule has 0 bridgehead atoms. The molecule has 27 heavy (non-hydrogen) atoms. The molecule has 0 unspecified atom stereocenters. The van der Waals surface area contributed by atoms with Crippen LogP contribution in [0.2, 0.25) is 0 Å². The smallest absolute Gasteiger partial charge is 0.444 e. The number of nitrogens with one attached hydrogen (secondary N) is 3. The number of hydrogen-bond donors (Lipinski definition) is 3. The second-order valence-electron chi connectivity index (χ2n) is 6.44. The third-order valence-corrected chi connectivity index (χ3v) is 2.95. The van der Waals surface area contributed by atoms with Crippen molar-refractivity contribution in [2.75, 3.05) is 20.1 Å². The molecule has 0 aromatic heterocycles. The molecule has 0 heterocycles. The maximum Gasteiger partial charge on any atom is 0.573 e. The van der Waals surface area contributed by atoms with Crippen molar-refractivity contribution in [3.63, 3.8) is 0 Å². The number of carbonyl (C=O) groups is 1. The first-order valence-electron chi connectivity index (χ1n) is 8.25. The molecule has 0 aliphatic heterocycles. The van der Waals surface area contributed by atoms with E-state index in [0.29, 0.717) is 18.1 Å². The van der Waals surface area contributed by atoms with E-state index < -0.39 is 18.1 Å². The summed E-state index contributed by atoms with van der Waals surface area (Å²) in [7, 11) is 1.52. The molecule has 0 aliphatic rings. The van der Waals surface area contributed by atoms with Crippen molar-refractivity contribution >= 4 is 12.1 Å². The number of alkyl carbamates (subject to hydrolysis) is 1. The third kappa shape index (κ3) is 10.2. The SMILES string of the molecule is CN=C(NCCNC(=O)OC(C)(C)C)NCc1ccccc1OC(F)(F)F. The lowest BCUT2D eigenvalue weighted by Crippen LogP contribution is -2.42. The number of aliphatic imine (C=N–C) groups is 1. The molecule has 1 aromatic rings. The number of hydrogen-bond acceptors (Lipinski definition) is 4. The van der Waals surface area contributed by atoms with Crippen LogP contribution in [0.5, 0.6) is 5.75 Å². The van der Waals surface area contributed by atoms with E-state index in [4.69, 9.17) is 4.74 Å². The molecule has 1 amide bonds. The molecule has 0 saturated carbocycles. The summed E-state index contributed by atoms with van der Waals surface area (Å²) in [6.45, 7) is 5.99. The minimum atomic E-state index is -4.76. The van der Waals surface area contributed by atoms with Crippen molar-refractivity contribution in [2.24, 2.45) is 4.99 Å². The number of rotatable bonds is 6. The highest BCUT2D eigenvalue weighted by Gasteiger charge is 2.31. The highest BCUT2D eigenvalue weighted by atomic mass is 19.4. The Kier molecular flexibility index (Phi) is 8.20. The first kappa shape index (κ1) is 22.4. The van der Waals surface area contributed by atoms with E-state index in [1.807, 2.05) is 0 Å². The van der Waals surface area contributed by atoms with Gasteiger partial charge in [0.15, 0.2) is 5.96 Å². The van der Waals surface area contributed by atoms with Gasteiger partial charge in [-0.25, -0.2) is 4.79 Å². The summed E-state index contributed by atoms with van der Waals surface area (Å²) >= 11 is 0. The zero-order valence-corrected chi connectivity index (χ0v) is 15.7. The van der Waals surface area contributed by atoms with Crippen LogP contribution < -0.4 is 20.7 Å². The predicted octanol–water partition coefficient (Wildman–Crippen LogP) is 2.77. The van der Waals surface area contributed by atoms with Crippen molar-refractivity contribution in [3.8, 4) is 5.75 Å². The number of ether oxygens (including phenoxy) is 2. The fraction of sp³-hybridized carbons (Fsp3) is 0.529. The van der Waals surface area contributed by atoms with Crippen LogP contribution in [0.1, 0.15) is 26.3 Å². The second kappa shape index (κ2) is 9.89. The zero-order chi connectivity index (χ0) is 20.5. The highest BCUT2D eigenvalue weighted by molar-refractivity contribution is 5.79. The Bertz CT molecular complexity index is 643. The van der Waals surface area contributed by atoms with E-state index in [1.54, 1.807) is 26.8 Å². The van der Waals surface area contributed by atoms with Crippen LogP contribution in [-0.4, -0.2) is 44.2 Å². The summed E-state index contributed by atoms with van der Waals surface area (Å²) in [6.07, 6.45) is -5.30. The van der Waals surface area contributed by atoms with Gasteiger partial charge in [-0.1, -0.05) is 18.2 Å². The van der Waals surface area contributed by atoms with Gasteiger partial charge >= 0.3 is 12.5 Å². The Morgan fingerprint density at radius 2 is 1.70 bits per heavy atom. The Balaban J connectivity index is 2.44. The third-order valence-electron chi connectivity index (χ3n) is 2.95. The van der Waals surface area contributed by atoms with Gasteiger partial charge < -0.3 is 25.4 Å². The van der Waals surface area contributed by atoms with Crippen LogP contribution in [-0.2, 0) is 11.3 Å². The van der Waals surface area contributed by atoms with Gasteiger partial charge in [0, 0.05) is 32.2 Å². The van der Waals surface area contributed by atoms with E-state index >= 15 is 0 Å². The number of guanidine groups is 1. The van der Waals surface area contributed by atoms with E-state index in [1.165, 1.54) is 25.2 Å². The fourth-order valence-corrected chi connectivity index (χ4v) is 1.93. The van der Waals surface area contributed by atoms with Gasteiger partial charge in [0.05, 0.1) is 0 Å². The molecule has 10 heteroatoms. The first-order chi connectivity index (χ1) is 12.5. The van der Waals surface area contributed by atoms with Gasteiger partial charge in [-0.15, -0.1) is 13.2 Å². The molecule has 7 nitrogen and oxygen atoms in total. The standard InChI is InChI=1S/C17H25F3N4O3/c1-16(2,3)27-15(25)23-10-9-22-14(21-4)24-11-12-7-5-6-8-13(12)26-17(18,19)20/h5-8H,9-11H2,1-4H3,(H,23,25)(H2,21,22,24). The average Bonchev–Trinajstić information content (AvgIpc) is 2.52. The van der Waals surface area contributed by atoms with Crippen molar-refractivity contribution in [3.05, 3.63) is 29.8 Å². The Morgan fingerprint density at radius 1 is 1.07 bits per heavy atom. The largest absolute Gasteiger partial charge is 0.573 e. The average molecular weight is 390 g/mol. The van der Waals surface area contributed by atoms with Crippen LogP contribution in [0.4, 0.5) is 18.0 Å². The fourth-order valence-electron chi connectivity index (χ4n) is 1.93. The summed E-state index contributed by atoms with van der Waals surface area (Å²) in [4.78, 5) is 15.5. The summed E-state index contributed by atoms with van der Waals surface area (Å²) < 4.78 is 46.4. The molecule has 0 radical (unpaired) electrons. The minimum Gasteiger partial charge on any atom is -0.444 e. The molecule has 0 spiro atoms. The van der Waals surface area contributed by atoms with Gasteiger partial charge in [0.1, 0.15) is 11.4 Å². The lowest BCUT2D eigenvalue weighted by Gasteiger charge is -2.20. The van der Waals surface area contributed by atoms with Gasteiger partial charge in [-0.05, 0) is 26.8 Å². The van der Waals surface area contributed by atoms with E-state index in [9.17, 15) is 18.0 Å². The monoisotopic (exact) mass is 390 g/mol. The highest BCUT2D eigenvalue weighted by Crippen LogP contribution is 2.25. The Labute approximate surface area is 156 Å². The van der Waals surface area contributed by atoms with Crippen molar-refractivity contribution in [1.82, 2.24) is 16.0 Å². The molecule has 0 fully saturated rings. The summed E-state index contributed by atoms with van der Waals surface area (Å²) in [5, 5.41) is 8.39. The Morgan fingerprint density at radius 3 is 2.30 bits per heavy atom. The van der Waals surface area contributed by atoms with Gasteiger partial charge in [-0.2, -0.15) is 0 Å². The van der Waals surface area contributed by atoms with Crippen LogP contribution >= 0.6 is 0 Å². The number of para-hydroxylation sites is 1. The number of benzene rings is 1. The number of alkyl halides is 3. The molecule has 1 aromatic carbocycles. The van der Waals surface area contributed by atoms with Crippen LogP contribution in [0.3, 0.4) is 0 Å². The number of halogens is 3. The molecule has 152 valence electrons. The lowest BCUT2D eigenvalue weighted by atomic mass is 10.2. The van der Waals surface area contributed by atoms with Crippen LogP contribution in [0, 0.1) is 0 Å². The maximum absolute atomic E-state index is 12.4. The summed E-state index contributed by atoms with van der Waals surface area (Å²) in [5.41, 5.74) is -0.259. The second-order valence-corrected chi connectivity index (χ2v) is 6.44. The predicted molar refractivity (Wildman–Crippen MR) is 95.6 cm³/mol. The molecule has 0 aliphatic carbocycles. The summed E-state index contributed by atoms with van der Waals surface area (Å²) in [6, 6.07) is 5.83. The zero-order valence-electron chi connectivity index (χ0n) is 15.7. The van der Waals surface area contributed by atoms with Crippen LogP contribution in [0.15, 0.2) is 29.3 Å². The summed E-state index contributed by atoms with van der Waals surface area (Å²) in [5.74, 6) is 0.0855. The quantitative estimate of drug-likeness (QED) is 0.395. The van der Waals surface area contributed by atoms with Crippen molar-refractivity contribution < 1.29 is 27.4 Å². The van der Waals surface area contributed by atoms with E-state index in [2.05, 4.69) is 25.7 Å². The first-order valence-corrected chi connectivity index (χ1v) is 8.25. The van der Waals surface area contributed by atoms with Gasteiger partial charge in [0.2, 0.25) is 0 Å². The maximum atomic E-state index is 12.4. The van der Waals surface area contributed by atoms with E-state index in [0.717, 1.165) is 0 Å². The molecule has 3 N–H and O–H groups in total. The molecule has 1 rings (SSSR count). The minimum absolute atomic E-state index is 0.0748. The molecule has 0 saturated heterocycles. The Hall–Kier alpha value is -2.65. The lowest BCUT2D eigenvalue weighted by molar-refractivity contribution is -0.274. The molecule has 0 atom stereocenters. The topological polar surface area (TPSA) is 84.0 Å². The van der Waals surface area contributed by atoms with Crippen molar-refractivity contribution in [2.45, 2.75) is 39.3 Å². The van der Waals surface area contributed by atoms with Crippen LogP contribution in [0.25, 0.3) is 0 Å². The van der Waals surface area contributed by atoms with E-state index in [-0.39, 0.29) is 18.8 Å². The molecular weight excluding hydrogens is 365 g/mol. The van der Waals surface area contributed by atoms with Crippen molar-refractivity contribution in [1.29, 1.82) is 0 Å². The number of nitrogens with zero attached hydrogens (tertiary/aromatic N) is 1. The number of amides is 1. The van der Waals surface area contributed by atoms with Gasteiger partial charge in [0.25, 0.3) is 0 Å². The molecular formula is C17H25F3N4O3.